The first-order valence-corrected chi connectivity index (χ1v) is 6.09. The molecular formula is C14H22FN. The molecule has 0 aliphatic heterocycles. The SMILES string of the molecule is CCCCC(Cc1cc(F)ccc1C)NC. The zero-order chi connectivity index (χ0) is 12.0. The van der Waals surface area contributed by atoms with E-state index in [1.807, 2.05) is 20.0 Å². The molecule has 1 N–H and O–H groups in total. The lowest BCUT2D eigenvalue weighted by Crippen LogP contribution is -2.27. The van der Waals surface area contributed by atoms with E-state index in [9.17, 15) is 4.39 Å². The smallest absolute Gasteiger partial charge is 0.123 e. The number of benzene rings is 1. The second kappa shape index (κ2) is 6.64. The van der Waals surface area contributed by atoms with Crippen LogP contribution < -0.4 is 5.32 Å². The maximum absolute atomic E-state index is 13.1. The topological polar surface area (TPSA) is 12.0 Å². The highest BCUT2D eigenvalue weighted by Gasteiger charge is 2.09. The standard InChI is InChI=1S/C14H22FN/c1-4-5-6-14(16-3)10-12-9-13(15)8-7-11(12)2/h7-9,14,16H,4-6,10H2,1-3H3. The second-order valence-corrected chi connectivity index (χ2v) is 4.40. The van der Waals surface area contributed by atoms with E-state index in [0.29, 0.717) is 6.04 Å². The Morgan fingerprint density at radius 3 is 2.75 bits per heavy atom. The van der Waals surface area contributed by atoms with Gasteiger partial charge in [-0.05, 0) is 50.1 Å². The van der Waals surface area contributed by atoms with Gasteiger partial charge in [0.15, 0.2) is 0 Å². The number of likely N-dealkylation sites (N-methyl/N-ethyl adjacent to an activating group) is 1. The average Bonchev–Trinajstić information content (AvgIpc) is 2.28. The zero-order valence-corrected chi connectivity index (χ0v) is 10.5. The van der Waals surface area contributed by atoms with Crippen LogP contribution in [0.15, 0.2) is 18.2 Å². The van der Waals surface area contributed by atoms with Gasteiger partial charge in [-0.3, -0.25) is 0 Å². The third-order valence-electron chi connectivity index (χ3n) is 3.09. The lowest BCUT2D eigenvalue weighted by atomic mass is 9.98. The molecular weight excluding hydrogens is 201 g/mol. The van der Waals surface area contributed by atoms with Crippen molar-refractivity contribution in [1.29, 1.82) is 0 Å². The van der Waals surface area contributed by atoms with E-state index in [4.69, 9.17) is 0 Å². The summed E-state index contributed by atoms with van der Waals surface area (Å²) in [6.07, 6.45) is 4.50. The summed E-state index contributed by atoms with van der Waals surface area (Å²) >= 11 is 0. The number of nitrogens with one attached hydrogen (secondary N) is 1. The van der Waals surface area contributed by atoms with Gasteiger partial charge in [-0.15, -0.1) is 0 Å². The minimum absolute atomic E-state index is 0.133. The molecule has 0 amide bonds. The lowest BCUT2D eigenvalue weighted by Gasteiger charge is -2.17. The summed E-state index contributed by atoms with van der Waals surface area (Å²) in [6, 6.07) is 5.50. The van der Waals surface area contributed by atoms with Gasteiger partial charge in [0.25, 0.3) is 0 Å². The third-order valence-corrected chi connectivity index (χ3v) is 3.09. The number of halogens is 1. The summed E-state index contributed by atoms with van der Waals surface area (Å²) in [7, 11) is 1.98. The van der Waals surface area contributed by atoms with Crippen LogP contribution in [-0.4, -0.2) is 13.1 Å². The molecule has 1 unspecified atom stereocenters. The Kier molecular flexibility index (Phi) is 5.47. The normalized spacial score (nSPS) is 12.8. The van der Waals surface area contributed by atoms with Crippen molar-refractivity contribution < 1.29 is 4.39 Å². The molecule has 1 rings (SSSR count). The van der Waals surface area contributed by atoms with Gasteiger partial charge in [-0.2, -0.15) is 0 Å². The maximum atomic E-state index is 13.1. The molecule has 0 fully saturated rings. The summed E-state index contributed by atoms with van der Waals surface area (Å²) in [5.74, 6) is -0.133. The highest BCUT2D eigenvalue weighted by Crippen LogP contribution is 2.14. The molecule has 1 aromatic rings. The predicted octanol–water partition coefficient (Wildman–Crippen LogP) is 3.45. The van der Waals surface area contributed by atoms with E-state index < -0.39 is 0 Å². The predicted molar refractivity (Wildman–Crippen MR) is 67.2 cm³/mol. The van der Waals surface area contributed by atoms with Crippen LogP contribution in [0, 0.1) is 12.7 Å². The fourth-order valence-electron chi connectivity index (χ4n) is 1.92. The first kappa shape index (κ1) is 13.2. The second-order valence-electron chi connectivity index (χ2n) is 4.40. The van der Waals surface area contributed by atoms with E-state index in [-0.39, 0.29) is 5.82 Å². The number of aryl methyl sites for hydroxylation is 1. The van der Waals surface area contributed by atoms with Crippen LogP contribution in [0.5, 0.6) is 0 Å². The molecule has 1 nitrogen and oxygen atoms in total. The number of rotatable bonds is 6. The Hall–Kier alpha value is -0.890. The van der Waals surface area contributed by atoms with E-state index >= 15 is 0 Å². The Balaban J connectivity index is 2.65. The van der Waals surface area contributed by atoms with Gasteiger partial charge >= 0.3 is 0 Å². The number of unbranched alkanes of at least 4 members (excludes halogenated alkanes) is 1. The highest BCUT2D eigenvalue weighted by molar-refractivity contribution is 5.27. The summed E-state index contributed by atoms with van der Waals surface area (Å²) in [6.45, 7) is 4.24. The molecule has 0 spiro atoms. The zero-order valence-electron chi connectivity index (χ0n) is 10.5. The van der Waals surface area contributed by atoms with Gasteiger partial charge in [-0.25, -0.2) is 4.39 Å². The van der Waals surface area contributed by atoms with E-state index in [2.05, 4.69) is 12.2 Å². The van der Waals surface area contributed by atoms with Crippen LogP contribution in [0.25, 0.3) is 0 Å². The van der Waals surface area contributed by atoms with Crippen molar-refractivity contribution in [2.45, 2.75) is 45.6 Å². The van der Waals surface area contributed by atoms with E-state index in [0.717, 1.165) is 18.4 Å². The summed E-state index contributed by atoms with van der Waals surface area (Å²) in [4.78, 5) is 0. The van der Waals surface area contributed by atoms with Crippen LogP contribution in [0.4, 0.5) is 4.39 Å². The number of hydrogen-bond acceptors (Lipinski definition) is 1. The van der Waals surface area contributed by atoms with Crippen molar-refractivity contribution in [2.75, 3.05) is 7.05 Å². The van der Waals surface area contributed by atoms with Gasteiger partial charge < -0.3 is 5.32 Å². The molecule has 0 aliphatic rings. The van der Waals surface area contributed by atoms with Crippen molar-refractivity contribution in [3.05, 3.63) is 35.1 Å². The molecule has 0 bridgehead atoms. The van der Waals surface area contributed by atoms with Crippen LogP contribution in [0.3, 0.4) is 0 Å². The van der Waals surface area contributed by atoms with Crippen LogP contribution in [0.2, 0.25) is 0 Å². The molecule has 16 heavy (non-hydrogen) atoms. The summed E-state index contributed by atoms with van der Waals surface area (Å²) < 4.78 is 13.1. The molecule has 0 saturated heterocycles. The quantitative estimate of drug-likeness (QED) is 0.779. The minimum atomic E-state index is -0.133. The van der Waals surface area contributed by atoms with Crippen LogP contribution in [-0.2, 0) is 6.42 Å². The molecule has 1 atom stereocenters. The lowest BCUT2D eigenvalue weighted by molar-refractivity contribution is 0.496. The van der Waals surface area contributed by atoms with Crippen LogP contribution >= 0.6 is 0 Å². The monoisotopic (exact) mass is 223 g/mol. The molecule has 0 heterocycles. The third kappa shape index (κ3) is 3.93. The molecule has 90 valence electrons. The molecule has 1 aromatic carbocycles. The Bertz CT molecular complexity index is 323. The van der Waals surface area contributed by atoms with Gasteiger partial charge in [0.1, 0.15) is 5.82 Å². The first-order valence-electron chi connectivity index (χ1n) is 6.09. The number of hydrogen-bond donors (Lipinski definition) is 1. The van der Waals surface area contributed by atoms with Gasteiger partial charge in [0.2, 0.25) is 0 Å². The summed E-state index contributed by atoms with van der Waals surface area (Å²) in [5.41, 5.74) is 2.30. The molecule has 0 saturated carbocycles. The molecule has 2 heteroatoms. The largest absolute Gasteiger partial charge is 0.317 e. The minimum Gasteiger partial charge on any atom is -0.317 e. The maximum Gasteiger partial charge on any atom is 0.123 e. The van der Waals surface area contributed by atoms with Crippen molar-refractivity contribution in [2.24, 2.45) is 0 Å². The first-order chi connectivity index (χ1) is 7.67. The van der Waals surface area contributed by atoms with Crippen molar-refractivity contribution in [3.63, 3.8) is 0 Å². The molecule has 0 aromatic heterocycles. The fraction of sp³-hybridized carbons (Fsp3) is 0.571. The van der Waals surface area contributed by atoms with Crippen molar-refractivity contribution >= 4 is 0 Å². The fourth-order valence-corrected chi connectivity index (χ4v) is 1.92. The van der Waals surface area contributed by atoms with Gasteiger partial charge in [-0.1, -0.05) is 25.8 Å². The van der Waals surface area contributed by atoms with Crippen LogP contribution in [0.1, 0.15) is 37.3 Å². The Morgan fingerprint density at radius 1 is 1.38 bits per heavy atom. The van der Waals surface area contributed by atoms with Crippen molar-refractivity contribution in [1.82, 2.24) is 5.32 Å². The summed E-state index contributed by atoms with van der Waals surface area (Å²) in [5, 5.41) is 3.31. The van der Waals surface area contributed by atoms with Gasteiger partial charge in [0.05, 0.1) is 0 Å². The van der Waals surface area contributed by atoms with Gasteiger partial charge in [0, 0.05) is 6.04 Å². The Labute approximate surface area is 98.1 Å². The Morgan fingerprint density at radius 2 is 2.12 bits per heavy atom. The van der Waals surface area contributed by atoms with Crippen molar-refractivity contribution in [3.8, 4) is 0 Å². The van der Waals surface area contributed by atoms with E-state index in [1.54, 1.807) is 6.07 Å². The average molecular weight is 223 g/mol. The molecule has 0 radical (unpaired) electrons. The highest BCUT2D eigenvalue weighted by atomic mass is 19.1. The van der Waals surface area contributed by atoms with E-state index in [1.165, 1.54) is 24.5 Å². The molecule has 0 aliphatic carbocycles.